The zero-order valence-electron chi connectivity index (χ0n) is 13.8. The molecule has 0 amide bonds. The molecule has 0 radical (unpaired) electrons. The minimum absolute atomic E-state index is 0. The minimum Gasteiger partial charge on any atom is -0.404 e. The lowest BCUT2D eigenvalue weighted by atomic mass is 9.89. The quantitative estimate of drug-likeness (QED) is 0.788. The average Bonchev–Trinajstić information content (AvgIpc) is 3.04. The molecule has 0 aromatic heterocycles. The van der Waals surface area contributed by atoms with Crippen LogP contribution in [0.5, 0.6) is 5.75 Å². The predicted octanol–water partition coefficient (Wildman–Crippen LogP) is 4.80. The van der Waals surface area contributed by atoms with Gasteiger partial charge in [0.05, 0.1) is 5.02 Å². The lowest BCUT2D eigenvalue weighted by molar-refractivity contribution is -0.274. The van der Waals surface area contributed by atoms with Gasteiger partial charge < -0.3 is 10.1 Å². The third-order valence-corrected chi connectivity index (χ3v) is 5.21. The van der Waals surface area contributed by atoms with Crippen molar-refractivity contribution in [2.24, 2.45) is 5.92 Å². The molecule has 25 heavy (non-hydrogen) atoms. The van der Waals surface area contributed by atoms with Crippen molar-refractivity contribution in [2.75, 3.05) is 26.2 Å². The molecular formula is C17H23Cl2F3N2O. The molecule has 3 rings (SSSR count). The summed E-state index contributed by atoms with van der Waals surface area (Å²) in [5.74, 6) is 0.201. The topological polar surface area (TPSA) is 24.5 Å². The molecule has 1 aromatic rings. The lowest BCUT2D eigenvalue weighted by Crippen LogP contribution is -2.46. The van der Waals surface area contributed by atoms with E-state index in [0.29, 0.717) is 5.92 Å². The van der Waals surface area contributed by atoms with Crippen molar-refractivity contribution in [3.63, 3.8) is 0 Å². The standard InChI is InChI=1S/C17H22ClF3N2O.ClH/c18-14-11-13(5-6-15(14)24-17(19,20)21)16(12-3-1-2-4-12)23-9-7-22-8-10-23;/h5-6,11-12,16,22H,1-4,7-10H2;1H/t16-;/m0./s1. The highest BCUT2D eigenvalue weighted by molar-refractivity contribution is 6.32. The summed E-state index contributed by atoms with van der Waals surface area (Å²) in [6.07, 6.45) is 0.0289. The van der Waals surface area contributed by atoms with Crippen LogP contribution in [0.1, 0.15) is 37.3 Å². The molecule has 1 saturated carbocycles. The molecule has 0 unspecified atom stereocenters. The Morgan fingerprint density at radius 2 is 1.80 bits per heavy atom. The maximum absolute atomic E-state index is 12.4. The maximum Gasteiger partial charge on any atom is 0.573 e. The zero-order chi connectivity index (χ0) is 17.2. The molecule has 8 heteroatoms. The molecule has 1 N–H and O–H groups in total. The second-order valence-corrected chi connectivity index (χ2v) is 6.92. The molecule has 1 heterocycles. The smallest absolute Gasteiger partial charge is 0.404 e. The van der Waals surface area contributed by atoms with Gasteiger partial charge in [0.2, 0.25) is 0 Å². The Morgan fingerprint density at radius 3 is 2.36 bits per heavy atom. The van der Waals surface area contributed by atoms with E-state index in [4.69, 9.17) is 11.6 Å². The van der Waals surface area contributed by atoms with Crippen LogP contribution in [0.15, 0.2) is 18.2 Å². The van der Waals surface area contributed by atoms with E-state index in [2.05, 4.69) is 15.0 Å². The number of hydrogen-bond acceptors (Lipinski definition) is 3. The largest absolute Gasteiger partial charge is 0.573 e. The predicted molar refractivity (Wildman–Crippen MR) is 94.5 cm³/mol. The fourth-order valence-electron chi connectivity index (χ4n) is 3.92. The van der Waals surface area contributed by atoms with E-state index < -0.39 is 6.36 Å². The number of alkyl halides is 3. The van der Waals surface area contributed by atoms with E-state index in [-0.39, 0.29) is 29.2 Å². The molecule has 1 atom stereocenters. The molecule has 1 aliphatic heterocycles. The molecule has 3 nitrogen and oxygen atoms in total. The molecule has 1 saturated heterocycles. The highest BCUT2D eigenvalue weighted by atomic mass is 35.5. The van der Waals surface area contributed by atoms with Crippen LogP contribution in [0.3, 0.4) is 0 Å². The molecule has 2 fully saturated rings. The van der Waals surface area contributed by atoms with E-state index in [9.17, 15) is 13.2 Å². The number of halogens is 5. The Morgan fingerprint density at radius 1 is 1.16 bits per heavy atom. The summed E-state index contributed by atoms with van der Waals surface area (Å²) in [4.78, 5) is 2.43. The first-order chi connectivity index (χ1) is 11.4. The average molecular weight is 399 g/mol. The lowest BCUT2D eigenvalue weighted by Gasteiger charge is -2.38. The first kappa shape index (κ1) is 20.6. The Labute approximate surface area is 157 Å². The summed E-state index contributed by atoms with van der Waals surface area (Å²) < 4.78 is 41.2. The highest BCUT2D eigenvalue weighted by Crippen LogP contribution is 2.41. The Kier molecular flexibility index (Phi) is 7.26. The van der Waals surface area contributed by atoms with E-state index >= 15 is 0 Å². The Balaban J connectivity index is 0.00000225. The van der Waals surface area contributed by atoms with Crippen molar-refractivity contribution >= 4 is 24.0 Å². The number of benzene rings is 1. The number of piperazine rings is 1. The van der Waals surface area contributed by atoms with Crippen LogP contribution in [0.2, 0.25) is 5.02 Å². The van der Waals surface area contributed by atoms with Gasteiger partial charge in [-0.05, 0) is 36.5 Å². The fourth-order valence-corrected chi connectivity index (χ4v) is 4.15. The van der Waals surface area contributed by atoms with Crippen LogP contribution in [0, 0.1) is 5.92 Å². The van der Waals surface area contributed by atoms with Gasteiger partial charge in [-0.3, -0.25) is 4.90 Å². The molecular weight excluding hydrogens is 376 g/mol. The normalized spacial score (nSPS) is 21.0. The van der Waals surface area contributed by atoms with Crippen molar-refractivity contribution in [2.45, 2.75) is 38.1 Å². The van der Waals surface area contributed by atoms with Crippen molar-refractivity contribution in [3.05, 3.63) is 28.8 Å². The van der Waals surface area contributed by atoms with Crippen molar-refractivity contribution in [1.29, 1.82) is 0 Å². The van der Waals surface area contributed by atoms with Gasteiger partial charge in [-0.15, -0.1) is 25.6 Å². The third kappa shape index (κ3) is 5.39. The van der Waals surface area contributed by atoms with E-state index in [0.717, 1.165) is 44.6 Å². The van der Waals surface area contributed by atoms with Crippen LogP contribution in [-0.4, -0.2) is 37.4 Å². The minimum atomic E-state index is -4.73. The van der Waals surface area contributed by atoms with Gasteiger partial charge in [0, 0.05) is 32.2 Å². The van der Waals surface area contributed by atoms with Gasteiger partial charge in [-0.2, -0.15) is 0 Å². The van der Waals surface area contributed by atoms with Crippen molar-refractivity contribution in [1.82, 2.24) is 10.2 Å². The SMILES string of the molecule is Cl.FC(F)(F)Oc1ccc([C@H](C2CCCC2)N2CCNCC2)cc1Cl. The van der Waals surface area contributed by atoms with E-state index in [1.165, 1.54) is 18.9 Å². The summed E-state index contributed by atoms with van der Waals surface area (Å²) in [5.41, 5.74) is 0.989. The summed E-state index contributed by atoms with van der Waals surface area (Å²) in [6, 6.07) is 4.94. The van der Waals surface area contributed by atoms with Crippen LogP contribution in [-0.2, 0) is 0 Å². The third-order valence-electron chi connectivity index (χ3n) is 4.91. The fraction of sp³-hybridized carbons (Fsp3) is 0.647. The van der Waals surface area contributed by atoms with E-state index in [1.54, 1.807) is 12.1 Å². The summed E-state index contributed by atoms with van der Waals surface area (Å²) in [7, 11) is 0. The molecule has 142 valence electrons. The molecule has 1 aliphatic carbocycles. The van der Waals surface area contributed by atoms with Gasteiger partial charge in [0.25, 0.3) is 0 Å². The van der Waals surface area contributed by atoms with Gasteiger partial charge >= 0.3 is 6.36 Å². The Bertz CT molecular complexity index is 559. The van der Waals surface area contributed by atoms with Crippen LogP contribution >= 0.6 is 24.0 Å². The summed E-state index contributed by atoms with van der Waals surface area (Å²) >= 11 is 6.07. The van der Waals surface area contributed by atoms with Crippen molar-refractivity contribution in [3.8, 4) is 5.75 Å². The molecule has 0 spiro atoms. The van der Waals surface area contributed by atoms with Gasteiger partial charge in [-0.25, -0.2) is 0 Å². The zero-order valence-corrected chi connectivity index (χ0v) is 15.4. The number of nitrogens with zero attached hydrogens (tertiary/aromatic N) is 1. The Hall–Kier alpha value is -0.690. The number of hydrogen-bond donors (Lipinski definition) is 1. The number of ether oxygens (including phenoxy) is 1. The van der Waals surface area contributed by atoms with Gasteiger partial charge in [-0.1, -0.05) is 30.5 Å². The second-order valence-electron chi connectivity index (χ2n) is 6.51. The molecule has 0 bridgehead atoms. The number of rotatable bonds is 4. The van der Waals surface area contributed by atoms with Crippen LogP contribution in [0.4, 0.5) is 13.2 Å². The van der Waals surface area contributed by atoms with Gasteiger partial charge in [0.15, 0.2) is 0 Å². The van der Waals surface area contributed by atoms with Crippen molar-refractivity contribution < 1.29 is 17.9 Å². The maximum atomic E-state index is 12.4. The van der Waals surface area contributed by atoms with Crippen LogP contribution in [0.25, 0.3) is 0 Å². The molecule has 2 aliphatic rings. The monoisotopic (exact) mass is 398 g/mol. The summed E-state index contributed by atoms with van der Waals surface area (Å²) in [6.45, 7) is 3.76. The first-order valence-corrected chi connectivity index (χ1v) is 8.82. The highest BCUT2D eigenvalue weighted by Gasteiger charge is 2.34. The summed E-state index contributed by atoms with van der Waals surface area (Å²) in [5, 5.41) is 3.36. The van der Waals surface area contributed by atoms with Crippen LogP contribution < -0.4 is 10.1 Å². The van der Waals surface area contributed by atoms with E-state index in [1.807, 2.05) is 0 Å². The van der Waals surface area contributed by atoms with Gasteiger partial charge in [0.1, 0.15) is 5.75 Å². The molecule has 1 aromatic carbocycles. The second kappa shape index (κ2) is 8.80. The number of nitrogens with one attached hydrogen (secondary N) is 1. The first-order valence-electron chi connectivity index (χ1n) is 8.44.